The Morgan fingerprint density at radius 2 is 1.83 bits per heavy atom. The van der Waals surface area contributed by atoms with Crippen molar-refractivity contribution in [2.75, 3.05) is 0 Å². The minimum atomic E-state index is -0.742. The fraction of sp³-hybridized carbons (Fsp3) is 0.870. The van der Waals surface area contributed by atoms with Crippen molar-refractivity contribution in [3.8, 4) is 0 Å². The van der Waals surface area contributed by atoms with Crippen LogP contribution in [0, 0.1) is 29.7 Å². The molecule has 1 saturated heterocycles. The van der Waals surface area contributed by atoms with E-state index in [4.69, 9.17) is 11.3 Å². The lowest BCUT2D eigenvalue weighted by Crippen LogP contribution is -2.66. The molecule has 0 spiro atoms. The van der Waals surface area contributed by atoms with E-state index in [1.807, 2.05) is 0 Å². The van der Waals surface area contributed by atoms with Gasteiger partial charge in [-0.3, -0.25) is 14.5 Å². The number of ether oxygens (including phenoxy) is 1. The van der Waals surface area contributed by atoms with Gasteiger partial charge in [0.2, 0.25) is 0 Å². The lowest BCUT2D eigenvalue weighted by molar-refractivity contribution is -0.180. The number of nitrogens with one attached hydrogen (secondary N) is 1. The molecule has 0 radical (unpaired) electrons. The van der Waals surface area contributed by atoms with Crippen LogP contribution < -0.4 is 5.32 Å². The summed E-state index contributed by atoms with van der Waals surface area (Å²) in [5, 5.41) is 14.2. The van der Waals surface area contributed by atoms with Gasteiger partial charge in [-0.1, -0.05) is 0 Å². The molecule has 30 heavy (non-hydrogen) atoms. The molecule has 0 aromatic rings. The second-order valence-electron chi connectivity index (χ2n) is 11.8. The number of alkyl carbamates (subject to hydrolysis) is 1. The van der Waals surface area contributed by atoms with Crippen molar-refractivity contribution in [1.82, 2.24) is 10.2 Å². The number of hydrogen-bond acceptors (Lipinski definition) is 4. The largest absolute Gasteiger partial charge is 0.444 e. The topological polar surface area (TPSA) is 83.2 Å². The molecule has 4 unspecified atom stereocenters. The molecule has 2 N–H and O–H groups in total. The fourth-order valence-corrected chi connectivity index (χ4v) is 7.53. The molecule has 6 atom stereocenters. The van der Waals surface area contributed by atoms with Crippen molar-refractivity contribution < 1.29 is 19.4 Å². The maximum absolute atomic E-state index is 13.9. The highest BCUT2D eigenvalue weighted by Gasteiger charge is 2.65. The first-order valence-electron chi connectivity index (χ1n) is 11.4. The summed E-state index contributed by atoms with van der Waals surface area (Å²) < 4.78 is 5.52. The van der Waals surface area contributed by atoms with E-state index in [0.717, 1.165) is 44.9 Å². The third-order valence-electron chi connectivity index (χ3n) is 8.08. The van der Waals surface area contributed by atoms with Gasteiger partial charge in [0.05, 0.1) is 5.60 Å². The number of likely N-dealkylation sites (tertiary alicyclic amines) is 1. The number of rotatable bonds is 3. The molecule has 5 aliphatic carbocycles. The molecule has 6 aliphatic rings. The molecule has 6 rings (SSSR count). The van der Waals surface area contributed by atoms with E-state index >= 15 is 0 Å². The van der Waals surface area contributed by atoms with E-state index in [0.29, 0.717) is 24.2 Å². The molecular formula is C23H33N3O4. The summed E-state index contributed by atoms with van der Waals surface area (Å²) in [4.78, 5) is 32.1. The van der Waals surface area contributed by atoms with Crippen LogP contribution in [0.4, 0.5) is 4.79 Å². The summed E-state index contributed by atoms with van der Waals surface area (Å²) in [5.41, 5.74) is -1.84. The number of fused-ring (bicyclic) bond motifs is 1. The first-order valence-corrected chi connectivity index (χ1v) is 11.4. The summed E-state index contributed by atoms with van der Waals surface area (Å²) in [5.74, 6) is 1.08. The Hall–Kier alpha value is -1.81. The number of carbonyl (C=O) groups is 2. The van der Waals surface area contributed by atoms with Gasteiger partial charge in [-0.15, -0.1) is 0 Å². The highest BCUT2D eigenvalue weighted by molar-refractivity contribution is 5.88. The minimum Gasteiger partial charge on any atom is -0.444 e. The SMILES string of the molecule is [C-]#[N+][C@@H]1CC2CC2N1C(=O)[C@@H](NC(=O)OC(C)(C)C)C12CC3CC(CC(O)(C3)C1)C2. The Kier molecular flexibility index (Phi) is 4.26. The van der Waals surface area contributed by atoms with Crippen molar-refractivity contribution in [1.29, 1.82) is 0 Å². The molecule has 6 fully saturated rings. The van der Waals surface area contributed by atoms with Crippen LogP contribution in [0.1, 0.15) is 72.1 Å². The first kappa shape index (κ1) is 20.1. The van der Waals surface area contributed by atoms with Crippen LogP contribution in [-0.4, -0.2) is 51.5 Å². The third-order valence-corrected chi connectivity index (χ3v) is 8.08. The zero-order valence-corrected chi connectivity index (χ0v) is 18.2. The third kappa shape index (κ3) is 3.28. The van der Waals surface area contributed by atoms with E-state index in [-0.39, 0.29) is 11.9 Å². The number of hydrogen-bond donors (Lipinski definition) is 2. The summed E-state index contributed by atoms with van der Waals surface area (Å²) in [6.45, 7) is 13.0. The molecule has 1 aliphatic heterocycles. The van der Waals surface area contributed by atoms with Crippen LogP contribution in [0.3, 0.4) is 0 Å². The maximum atomic E-state index is 13.9. The molecule has 7 nitrogen and oxygen atoms in total. The molecule has 7 heteroatoms. The van der Waals surface area contributed by atoms with Crippen LogP contribution in [0.15, 0.2) is 0 Å². The fourth-order valence-electron chi connectivity index (χ4n) is 7.53. The van der Waals surface area contributed by atoms with Crippen molar-refractivity contribution in [3.63, 3.8) is 0 Å². The molecule has 2 amide bonds. The van der Waals surface area contributed by atoms with E-state index in [9.17, 15) is 14.7 Å². The second kappa shape index (κ2) is 6.35. The predicted molar refractivity (Wildman–Crippen MR) is 109 cm³/mol. The van der Waals surface area contributed by atoms with Gasteiger partial charge in [0.25, 0.3) is 5.91 Å². The minimum absolute atomic E-state index is 0.136. The Morgan fingerprint density at radius 1 is 1.17 bits per heavy atom. The van der Waals surface area contributed by atoms with Gasteiger partial charge in [-0.05, 0) is 83.5 Å². The average molecular weight is 416 g/mol. The summed E-state index contributed by atoms with van der Waals surface area (Å²) >= 11 is 0. The van der Waals surface area contributed by atoms with Gasteiger partial charge in [0, 0.05) is 17.9 Å². The van der Waals surface area contributed by atoms with Gasteiger partial charge in [-0.2, -0.15) is 0 Å². The lowest BCUT2D eigenvalue weighted by Gasteiger charge is -2.62. The smallest absolute Gasteiger partial charge is 0.408 e. The highest BCUT2D eigenvalue weighted by atomic mass is 16.6. The maximum Gasteiger partial charge on any atom is 0.408 e. The molecule has 0 aromatic carbocycles. The number of nitrogens with zero attached hydrogens (tertiary/aromatic N) is 2. The number of amides is 2. The van der Waals surface area contributed by atoms with Crippen molar-refractivity contribution in [2.45, 2.75) is 102 Å². The monoisotopic (exact) mass is 415 g/mol. The van der Waals surface area contributed by atoms with E-state index in [1.54, 1.807) is 25.7 Å². The van der Waals surface area contributed by atoms with Crippen LogP contribution in [-0.2, 0) is 9.53 Å². The van der Waals surface area contributed by atoms with Crippen LogP contribution >= 0.6 is 0 Å². The van der Waals surface area contributed by atoms with Crippen LogP contribution in [0.2, 0.25) is 0 Å². The van der Waals surface area contributed by atoms with Gasteiger partial charge in [-0.25, -0.2) is 11.4 Å². The van der Waals surface area contributed by atoms with E-state index in [2.05, 4.69) is 10.2 Å². The molecular weight excluding hydrogens is 382 g/mol. The van der Waals surface area contributed by atoms with Gasteiger partial charge in [0.15, 0.2) is 0 Å². The number of piperidine rings is 1. The average Bonchev–Trinajstić information content (AvgIpc) is 3.25. The van der Waals surface area contributed by atoms with E-state index < -0.39 is 34.9 Å². The molecule has 1 heterocycles. The van der Waals surface area contributed by atoms with Crippen LogP contribution in [0.5, 0.6) is 0 Å². The van der Waals surface area contributed by atoms with Crippen molar-refractivity contribution >= 4 is 12.0 Å². The summed E-state index contributed by atoms with van der Waals surface area (Å²) in [7, 11) is 0. The number of aliphatic hydroxyl groups is 1. The molecule has 164 valence electrons. The standard InChI is InChI=1S/C23H33N3O4/c1-21(2,3)30-20(28)25-18(19(27)26-16-6-15(16)7-17(26)24-4)22-8-13-5-14(9-22)11-23(29,10-13)12-22/h13-18,29H,5-12H2,1-3H3,(H,25,28)/t13?,14?,15?,16?,17-,18+,22?,23?/m0/s1. The zero-order valence-electron chi connectivity index (χ0n) is 18.2. The Balaban J connectivity index is 1.47. The van der Waals surface area contributed by atoms with Crippen LogP contribution in [0.25, 0.3) is 4.85 Å². The summed E-state index contributed by atoms with van der Waals surface area (Å²) in [6, 6.07) is -0.607. The normalized spacial score (nSPS) is 44.2. The van der Waals surface area contributed by atoms with Crippen molar-refractivity contribution in [3.05, 3.63) is 11.4 Å². The Bertz CT molecular complexity index is 798. The molecule has 5 saturated carbocycles. The second-order valence-corrected chi connectivity index (χ2v) is 11.8. The Labute approximate surface area is 178 Å². The van der Waals surface area contributed by atoms with Gasteiger partial charge in [0.1, 0.15) is 11.6 Å². The molecule has 0 aromatic heterocycles. The first-order chi connectivity index (χ1) is 14.0. The predicted octanol–water partition coefficient (Wildman–Crippen LogP) is 3.08. The zero-order chi connectivity index (χ0) is 21.5. The highest BCUT2D eigenvalue weighted by Crippen LogP contribution is 2.63. The van der Waals surface area contributed by atoms with Gasteiger partial charge < -0.3 is 15.2 Å². The molecule has 4 bridgehead atoms. The quantitative estimate of drug-likeness (QED) is 0.694. The summed E-state index contributed by atoms with van der Waals surface area (Å²) in [6.07, 6.45) is 5.64. The van der Waals surface area contributed by atoms with Crippen molar-refractivity contribution in [2.24, 2.45) is 23.2 Å². The van der Waals surface area contributed by atoms with E-state index in [1.165, 1.54) is 0 Å². The lowest BCUT2D eigenvalue weighted by atomic mass is 9.46. The Morgan fingerprint density at radius 3 is 2.40 bits per heavy atom. The van der Waals surface area contributed by atoms with Gasteiger partial charge >= 0.3 is 12.3 Å². The number of carbonyl (C=O) groups excluding carboxylic acids is 2.